The van der Waals surface area contributed by atoms with Gasteiger partial charge in [-0.25, -0.2) is 0 Å². The Morgan fingerprint density at radius 1 is 1.05 bits per heavy atom. The predicted octanol–water partition coefficient (Wildman–Crippen LogP) is 4.79. The minimum atomic E-state index is 0.194. The molecule has 0 amide bonds. The van der Waals surface area contributed by atoms with Crippen LogP contribution in [0.15, 0.2) is 22.9 Å². The summed E-state index contributed by atoms with van der Waals surface area (Å²) in [5.74, 6) is 0. The third-order valence-corrected chi connectivity index (χ3v) is 4.42. The van der Waals surface area contributed by atoms with Gasteiger partial charge in [-0.2, -0.15) is 11.3 Å². The molecule has 0 radical (unpaired) electrons. The monoisotopic (exact) mass is 273 g/mol. The summed E-state index contributed by atoms with van der Waals surface area (Å²) in [7, 11) is 0. The van der Waals surface area contributed by atoms with E-state index in [1.807, 2.05) is 0 Å². The van der Waals surface area contributed by atoms with Crippen LogP contribution in [0.2, 0.25) is 0 Å². The highest BCUT2D eigenvalue weighted by atomic mass is 32.1. The quantitative estimate of drug-likeness (QED) is 0.836. The second-order valence-electron chi connectivity index (χ2n) is 6.25. The van der Waals surface area contributed by atoms with Gasteiger partial charge in [-0.3, -0.25) is 0 Å². The number of rotatable bonds is 2. The van der Waals surface area contributed by atoms with E-state index in [2.05, 4.69) is 57.5 Å². The van der Waals surface area contributed by atoms with Crippen molar-refractivity contribution in [2.45, 2.75) is 46.6 Å². The van der Waals surface area contributed by atoms with Gasteiger partial charge in [0.25, 0.3) is 0 Å². The SMILES string of the molecule is Cc1cc(C(C)(C)C)cc(C)c1-c1cscc1CN. The minimum absolute atomic E-state index is 0.194. The first kappa shape index (κ1) is 14.3. The van der Waals surface area contributed by atoms with Crippen molar-refractivity contribution >= 4 is 11.3 Å². The molecule has 2 rings (SSSR count). The highest BCUT2D eigenvalue weighted by Gasteiger charge is 2.18. The maximum atomic E-state index is 5.84. The lowest BCUT2D eigenvalue weighted by Gasteiger charge is -2.22. The van der Waals surface area contributed by atoms with Crippen LogP contribution in [0.3, 0.4) is 0 Å². The van der Waals surface area contributed by atoms with Gasteiger partial charge in [0.1, 0.15) is 0 Å². The van der Waals surface area contributed by atoms with Gasteiger partial charge >= 0.3 is 0 Å². The molecule has 0 atom stereocenters. The van der Waals surface area contributed by atoms with Crippen molar-refractivity contribution in [3.8, 4) is 11.1 Å². The van der Waals surface area contributed by atoms with E-state index < -0.39 is 0 Å². The van der Waals surface area contributed by atoms with Gasteiger partial charge in [0, 0.05) is 6.54 Å². The van der Waals surface area contributed by atoms with Crippen LogP contribution in [0.5, 0.6) is 0 Å². The number of aryl methyl sites for hydroxylation is 2. The van der Waals surface area contributed by atoms with E-state index in [1.165, 1.54) is 33.4 Å². The molecule has 1 nitrogen and oxygen atoms in total. The Morgan fingerprint density at radius 2 is 1.63 bits per heavy atom. The molecule has 19 heavy (non-hydrogen) atoms. The van der Waals surface area contributed by atoms with Crippen LogP contribution in [-0.2, 0) is 12.0 Å². The standard InChI is InChI=1S/C17H23NS/c1-11-6-14(17(3,4)5)7-12(2)16(11)15-10-19-9-13(15)8-18/h6-7,9-10H,8,18H2,1-5H3. The highest BCUT2D eigenvalue weighted by Crippen LogP contribution is 2.35. The van der Waals surface area contributed by atoms with E-state index in [0.29, 0.717) is 6.54 Å². The summed E-state index contributed by atoms with van der Waals surface area (Å²) in [5, 5.41) is 4.38. The number of benzene rings is 1. The van der Waals surface area contributed by atoms with Crippen LogP contribution in [0.1, 0.15) is 43.0 Å². The summed E-state index contributed by atoms with van der Waals surface area (Å²) in [4.78, 5) is 0. The number of hydrogen-bond donors (Lipinski definition) is 1. The Labute approximate surface area is 120 Å². The van der Waals surface area contributed by atoms with Crippen molar-refractivity contribution < 1.29 is 0 Å². The lowest BCUT2D eigenvalue weighted by molar-refractivity contribution is 0.589. The normalized spacial score (nSPS) is 11.9. The lowest BCUT2D eigenvalue weighted by atomic mass is 9.82. The zero-order valence-corrected chi connectivity index (χ0v) is 13.3. The van der Waals surface area contributed by atoms with E-state index in [0.717, 1.165) is 0 Å². The van der Waals surface area contributed by atoms with E-state index in [1.54, 1.807) is 11.3 Å². The van der Waals surface area contributed by atoms with Crippen molar-refractivity contribution in [1.82, 2.24) is 0 Å². The third-order valence-electron chi connectivity index (χ3n) is 3.63. The van der Waals surface area contributed by atoms with Crippen LogP contribution in [0, 0.1) is 13.8 Å². The molecule has 0 unspecified atom stereocenters. The van der Waals surface area contributed by atoms with E-state index in [4.69, 9.17) is 5.73 Å². The van der Waals surface area contributed by atoms with Crippen molar-refractivity contribution in [3.63, 3.8) is 0 Å². The highest BCUT2D eigenvalue weighted by molar-refractivity contribution is 7.08. The molecule has 2 aromatic rings. The molecule has 0 bridgehead atoms. The van der Waals surface area contributed by atoms with Crippen molar-refractivity contribution in [3.05, 3.63) is 45.1 Å². The van der Waals surface area contributed by atoms with E-state index in [-0.39, 0.29) is 5.41 Å². The molecule has 0 spiro atoms. The van der Waals surface area contributed by atoms with Crippen LogP contribution in [-0.4, -0.2) is 0 Å². The van der Waals surface area contributed by atoms with Crippen LogP contribution >= 0.6 is 11.3 Å². The lowest BCUT2D eigenvalue weighted by Crippen LogP contribution is -2.12. The molecule has 0 saturated heterocycles. The Morgan fingerprint density at radius 3 is 2.11 bits per heavy atom. The fourth-order valence-corrected chi connectivity index (χ4v) is 3.38. The molecule has 0 aliphatic heterocycles. The maximum absolute atomic E-state index is 5.84. The topological polar surface area (TPSA) is 26.0 Å². The third kappa shape index (κ3) is 2.75. The van der Waals surface area contributed by atoms with Gasteiger partial charge in [-0.05, 0) is 63.4 Å². The first-order valence-electron chi connectivity index (χ1n) is 6.72. The van der Waals surface area contributed by atoms with Crippen molar-refractivity contribution in [2.24, 2.45) is 5.73 Å². The summed E-state index contributed by atoms with van der Waals surface area (Å²) in [6.45, 7) is 11.8. The van der Waals surface area contributed by atoms with Gasteiger partial charge < -0.3 is 5.73 Å². The fourth-order valence-electron chi connectivity index (χ4n) is 2.52. The first-order chi connectivity index (χ1) is 8.84. The summed E-state index contributed by atoms with van der Waals surface area (Å²) >= 11 is 1.73. The van der Waals surface area contributed by atoms with Crippen LogP contribution < -0.4 is 5.73 Å². The minimum Gasteiger partial charge on any atom is -0.326 e. The molecule has 1 aromatic carbocycles. The van der Waals surface area contributed by atoms with E-state index >= 15 is 0 Å². The molecule has 2 N–H and O–H groups in total. The molecule has 102 valence electrons. The van der Waals surface area contributed by atoms with Crippen molar-refractivity contribution in [1.29, 1.82) is 0 Å². The van der Waals surface area contributed by atoms with E-state index in [9.17, 15) is 0 Å². The zero-order chi connectivity index (χ0) is 14.2. The summed E-state index contributed by atoms with van der Waals surface area (Å²) < 4.78 is 0. The fraction of sp³-hybridized carbons (Fsp3) is 0.412. The summed E-state index contributed by atoms with van der Waals surface area (Å²) in [6, 6.07) is 4.64. The Bertz CT molecular complexity index is 565. The van der Waals surface area contributed by atoms with Gasteiger partial charge in [-0.15, -0.1) is 0 Å². The molecular formula is C17H23NS. The Balaban J connectivity index is 2.61. The number of thiophene rings is 1. The van der Waals surface area contributed by atoms with Crippen LogP contribution in [0.4, 0.5) is 0 Å². The molecule has 0 aliphatic rings. The van der Waals surface area contributed by atoms with Crippen LogP contribution in [0.25, 0.3) is 11.1 Å². The van der Waals surface area contributed by atoms with Gasteiger partial charge in [0.15, 0.2) is 0 Å². The second kappa shape index (κ2) is 5.10. The maximum Gasteiger partial charge on any atom is 0.0192 e. The second-order valence-corrected chi connectivity index (χ2v) is 6.99. The Kier molecular flexibility index (Phi) is 3.84. The molecule has 1 aromatic heterocycles. The average Bonchev–Trinajstić information content (AvgIpc) is 2.75. The smallest absolute Gasteiger partial charge is 0.0192 e. The van der Waals surface area contributed by atoms with Crippen molar-refractivity contribution in [2.75, 3.05) is 0 Å². The summed E-state index contributed by atoms with van der Waals surface area (Å²) in [6.07, 6.45) is 0. The molecule has 2 heteroatoms. The van der Waals surface area contributed by atoms with Gasteiger partial charge in [0.2, 0.25) is 0 Å². The Hall–Kier alpha value is -1.12. The molecule has 0 saturated carbocycles. The zero-order valence-electron chi connectivity index (χ0n) is 12.5. The predicted molar refractivity (Wildman–Crippen MR) is 85.8 cm³/mol. The molecule has 1 heterocycles. The number of nitrogens with two attached hydrogens (primary N) is 1. The molecule has 0 aliphatic carbocycles. The van der Waals surface area contributed by atoms with Gasteiger partial charge in [0.05, 0.1) is 0 Å². The largest absolute Gasteiger partial charge is 0.326 e. The first-order valence-corrected chi connectivity index (χ1v) is 7.66. The summed E-state index contributed by atoms with van der Waals surface area (Å²) in [5.41, 5.74) is 14.0. The molecular weight excluding hydrogens is 250 g/mol. The molecule has 0 fully saturated rings. The number of hydrogen-bond acceptors (Lipinski definition) is 2. The van der Waals surface area contributed by atoms with Gasteiger partial charge in [-0.1, -0.05) is 32.9 Å². The average molecular weight is 273 g/mol.